The second-order valence-corrected chi connectivity index (χ2v) is 5.81. The zero-order chi connectivity index (χ0) is 14.4. The largest absolute Gasteiger partial charge is 0.496 e. The maximum Gasteiger partial charge on any atom is 0.123 e. The molecule has 20 heavy (non-hydrogen) atoms. The minimum atomic E-state index is 0.0928. The molecule has 2 rings (SSSR count). The molecule has 112 valence electrons. The molecule has 1 aromatic rings. The van der Waals surface area contributed by atoms with Crippen molar-refractivity contribution in [2.75, 3.05) is 20.2 Å². The number of likely N-dealkylation sites (tertiary alicyclic amines) is 1. The Bertz CT molecular complexity index is 411. The third kappa shape index (κ3) is 3.97. The highest BCUT2D eigenvalue weighted by molar-refractivity contribution is 5.37. The van der Waals surface area contributed by atoms with Crippen LogP contribution < -0.4 is 4.74 Å². The molecule has 1 aromatic carbocycles. The van der Waals surface area contributed by atoms with Gasteiger partial charge in [-0.15, -0.1) is 0 Å². The molecule has 1 heterocycles. The van der Waals surface area contributed by atoms with Crippen molar-refractivity contribution >= 4 is 0 Å². The fourth-order valence-electron chi connectivity index (χ4n) is 3.14. The molecule has 0 aliphatic carbocycles. The van der Waals surface area contributed by atoms with Crippen LogP contribution >= 0.6 is 0 Å². The third-order valence-electron chi connectivity index (χ3n) is 4.33. The minimum absolute atomic E-state index is 0.0928. The first-order valence-electron chi connectivity index (χ1n) is 7.75. The van der Waals surface area contributed by atoms with E-state index in [9.17, 15) is 5.11 Å². The molecule has 1 aliphatic rings. The number of piperidine rings is 1. The third-order valence-corrected chi connectivity index (χ3v) is 4.33. The van der Waals surface area contributed by atoms with Crippen LogP contribution in [-0.2, 0) is 13.2 Å². The molecule has 1 saturated heterocycles. The van der Waals surface area contributed by atoms with Gasteiger partial charge in [0.15, 0.2) is 0 Å². The predicted octanol–water partition coefficient (Wildman–Crippen LogP) is 3.20. The van der Waals surface area contributed by atoms with E-state index in [0.29, 0.717) is 0 Å². The molecule has 3 nitrogen and oxygen atoms in total. The molecule has 1 aliphatic heterocycles. The van der Waals surface area contributed by atoms with E-state index in [0.717, 1.165) is 23.8 Å². The quantitative estimate of drug-likeness (QED) is 0.866. The van der Waals surface area contributed by atoms with Crippen molar-refractivity contribution < 1.29 is 9.84 Å². The maximum absolute atomic E-state index is 9.27. The lowest BCUT2D eigenvalue weighted by Crippen LogP contribution is -2.33. The van der Waals surface area contributed by atoms with Gasteiger partial charge >= 0.3 is 0 Å². The van der Waals surface area contributed by atoms with Crippen molar-refractivity contribution in [2.45, 2.75) is 45.8 Å². The topological polar surface area (TPSA) is 32.7 Å². The number of rotatable bonds is 6. The van der Waals surface area contributed by atoms with Crippen LogP contribution in [0.5, 0.6) is 5.75 Å². The van der Waals surface area contributed by atoms with Crippen molar-refractivity contribution in [3.8, 4) is 5.75 Å². The number of hydrogen-bond donors (Lipinski definition) is 1. The van der Waals surface area contributed by atoms with Gasteiger partial charge in [0.1, 0.15) is 5.75 Å². The Balaban J connectivity index is 1.96. The maximum atomic E-state index is 9.27. The van der Waals surface area contributed by atoms with Crippen LogP contribution in [0.25, 0.3) is 0 Å². The van der Waals surface area contributed by atoms with Gasteiger partial charge < -0.3 is 9.84 Å². The summed E-state index contributed by atoms with van der Waals surface area (Å²) in [4.78, 5) is 2.51. The van der Waals surface area contributed by atoms with Crippen molar-refractivity contribution in [2.24, 2.45) is 5.92 Å². The molecule has 1 fully saturated rings. The van der Waals surface area contributed by atoms with Gasteiger partial charge in [0.25, 0.3) is 0 Å². The van der Waals surface area contributed by atoms with E-state index in [4.69, 9.17) is 4.74 Å². The Kier molecular flexibility index (Phi) is 5.86. The second-order valence-electron chi connectivity index (χ2n) is 5.81. The summed E-state index contributed by atoms with van der Waals surface area (Å²) in [5.41, 5.74) is 2.15. The SMILES string of the molecule is CCCC1CCN(Cc2cc(CO)ccc2OC)CC1. The van der Waals surface area contributed by atoms with Gasteiger partial charge in [0.2, 0.25) is 0 Å². The van der Waals surface area contributed by atoms with Gasteiger partial charge in [-0.05, 0) is 49.5 Å². The number of aliphatic hydroxyl groups is 1. The van der Waals surface area contributed by atoms with Gasteiger partial charge in [-0.3, -0.25) is 4.90 Å². The van der Waals surface area contributed by atoms with Gasteiger partial charge in [0.05, 0.1) is 13.7 Å². The van der Waals surface area contributed by atoms with Crippen LogP contribution in [0.4, 0.5) is 0 Å². The summed E-state index contributed by atoms with van der Waals surface area (Å²) in [6, 6.07) is 5.96. The van der Waals surface area contributed by atoms with E-state index >= 15 is 0 Å². The summed E-state index contributed by atoms with van der Waals surface area (Å²) in [6.45, 7) is 5.65. The molecule has 0 spiro atoms. The van der Waals surface area contributed by atoms with E-state index in [1.165, 1.54) is 44.3 Å². The van der Waals surface area contributed by atoms with Crippen molar-refractivity contribution in [1.29, 1.82) is 0 Å². The van der Waals surface area contributed by atoms with Crippen LogP contribution in [0.2, 0.25) is 0 Å². The number of benzene rings is 1. The fraction of sp³-hybridized carbons (Fsp3) is 0.647. The standard InChI is InChI=1S/C17H27NO2/c1-3-4-14-7-9-18(10-8-14)12-16-11-15(13-19)5-6-17(16)20-2/h5-6,11,14,19H,3-4,7-10,12-13H2,1-2H3. The molecule has 0 aromatic heterocycles. The van der Waals surface area contributed by atoms with Crippen LogP contribution in [0.3, 0.4) is 0 Å². The minimum Gasteiger partial charge on any atom is -0.496 e. The highest BCUT2D eigenvalue weighted by Crippen LogP contribution is 2.26. The summed E-state index contributed by atoms with van der Waals surface area (Å²) >= 11 is 0. The average Bonchev–Trinajstić information content (AvgIpc) is 2.49. The van der Waals surface area contributed by atoms with Gasteiger partial charge in [-0.1, -0.05) is 25.8 Å². The Hall–Kier alpha value is -1.06. The highest BCUT2D eigenvalue weighted by atomic mass is 16.5. The van der Waals surface area contributed by atoms with Crippen molar-refractivity contribution in [3.63, 3.8) is 0 Å². The lowest BCUT2D eigenvalue weighted by Gasteiger charge is -2.32. The highest BCUT2D eigenvalue weighted by Gasteiger charge is 2.19. The van der Waals surface area contributed by atoms with E-state index in [-0.39, 0.29) is 6.61 Å². The normalized spacial score (nSPS) is 17.4. The summed E-state index contributed by atoms with van der Waals surface area (Å²) in [6.07, 6.45) is 5.31. The Morgan fingerprint density at radius 2 is 2.05 bits per heavy atom. The zero-order valence-corrected chi connectivity index (χ0v) is 12.8. The molecule has 1 N–H and O–H groups in total. The lowest BCUT2D eigenvalue weighted by atomic mass is 9.92. The van der Waals surface area contributed by atoms with Crippen LogP contribution in [-0.4, -0.2) is 30.2 Å². The van der Waals surface area contributed by atoms with Crippen molar-refractivity contribution in [1.82, 2.24) is 4.90 Å². The molecule has 0 atom stereocenters. The first-order valence-corrected chi connectivity index (χ1v) is 7.75. The number of aliphatic hydroxyl groups excluding tert-OH is 1. The van der Waals surface area contributed by atoms with Gasteiger partial charge in [-0.2, -0.15) is 0 Å². The lowest BCUT2D eigenvalue weighted by molar-refractivity contribution is 0.170. The molecule has 0 saturated carbocycles. The smallest absolute Gasteiger partial charge is 0.123 e. The molecule has 0 bridgehead atoms. The monoisotopic (exact) mass is 277 g/mol. The number of hydrogen-bond acceptors (Lipinski definition) is 3. The average molecular weight is 277 g/mol. The Morgan fingerprint density at radius 3 is 2.65 bits per heavy atom. The zero-order valence-electron chi connectivity index (χ0n) is 12.8. The number of ether oxygens (including phenoxy) is 1. The first-order chi connectivity index (χ1) is 9.76. The van der Waals surface area contributed by atoms with Gasteiger partial charge in [0, 0.05) is 12.1 Å². The number of nitrogens with zero attached hydrogens (tertiary/aromatic N) is 1. The number of methoxy groups -OCH3 is 1. The summed E-state index contributed by atoms with van der Waals surface area (Å²) in [5, 5.41) is 9.27. The van der Waals surface area contributed by atoms with E-state index in [1.807, 2.05) is 12.1 Å². The predicted molar refractivity (Wildman–Crippen MR) is 81.8 cm³/mol. The summed E-state index contributed by atoms with van der Waals surface area (Å²) in [5.74, 6) is 1.85. The van der Waals surface area contributed by atoms with Crippen molar-refractivity contribution in [3.05, 3.63) is 29.3 Å². The van der Waals surface area contributed by atoms with E-state index in [2.05, 4.69) is 17.9 Å². The Labute approximate surface area is 122 Å². The molecule has 0 amide bonds. The summed E-state index contributed by atoms with van der Waals surface area (Å²) in [7, 11) is 1.71. The van der Waals surface area contributed by atoms with E-state index < -0.39 is 0 Å². The van der Waals surface area contributed by atoms with Crippen LogP contribution in [0.1, 0.15) is 43.7 Å². The fourth-order valence-corrected chi connectivity index (χ4v) is 3.14. The second kappa shape index (κ2) is 7.65. The molecule has 0 radical (unpaired) electrons. The Morgan fingerprint density at radius 1 is 1.30 bits per heavy atom. The first kappa shape index (κ1) is 15.3. The molecule has 3 heteroatoms. The summed E-state index contributed by atoms with van der Waals surface area (Å²) < 4.78 is 5.44. The van der Waals surface area contributed by atoms with Crippen LogP contribution in [0, 0.1) is 5.92 Å². The molecule has 0 unspecified atom stereocenters. The van der Waals surface area contributed by atoms with E-state index in [1.54, 1.807) is 7.11 Å². The molecular formula is C17H27NO2. The molecular weight excluding hydrogens is 250 g/mol. The van der Waals surface area contributed by atoms with Crippen LogP contribution in [0.15, 0.2) is 18.2 Å². The van der Waals surface area contributed by atoms with Gasteiger partial charge in [-0.25, -0.2) is 0 Å².